The van der Waals surface area contributed by atoms with Crippen LogP contribution in [0.2, 0.25) is 5.02 Å². The van der Waals surface area contributed by atoms with Crippen molar-refractivity contribution in [2.24, 2.45) is 5.92 Å². The summed E-state index contributed by atoms with van der Waals surface area (Å²) in [5.41, 5.74) is 0.640. The lowest BCUT2D eigenvalue weighted by Gasteiger charge is -2.26. The van der Waals surface area contributed by atoms with E-state index in [9.17, 15) is 4.79 Å². The van der Waals surface area contributed by atoms with Crippen LogP contribution >= 0.6 is 11.6 Å². The van der Waals surface area contributed by atoms with Gasteiger partial charge in [0.05, 0.1) is 12.3 Å². The second-order valence-corrected chi connectivity index (χ2v) is 4.79. The maximum Gasteiger partial charge on any atom is 0.224 e. The minimum Gasteiger partial charge on any atom is -0.492 e. The van der Waals surface area contributed by atoms with Gasteiger partial charge in [-0.05, 0) is 44.1 Å². The molecule has 5 heteroatoms. The van der Waals surface area contributed by atoms with Crippen molar-refractivity contribution in [3.8, 4) is 5.75 Å². The van der Waals surface area contributed by atoms with Gasteiger partial charge in [-0.25, -0.2) is 0 Å². The van der Waals surface area contributed by atoms with E-state index in [1.807, 2.05) is 6.92 Å². The van der Waals surface area contributed by atoms with E-state index in [2.05, 4.69) is 10.6 Å². The van der Waals surface area contributed by atoms with Gasteiger partial charge in [-0.1, -0.05) is 11.6 Å². The van der Waals surface area contributed by atoms with Crippen LogP contribution in [0, 0.1) is 5.92 Å². The molecule has 2 rings (SSSR count). The fourth-order valence-electron chi connectivity index (χ4n) is 1.84. The van der Waals surface area contributed by atoms with E-state index in [1.54, 1.807) is 18.2 Å². The number of amides is 1. The largest absolute Gasteiger partial charge is 0.492 e. The number of anilines is 1. The Morgan fingerprint density at radius 2 is 2.33 bits per heavy atom. The first kappa shape index (κ1) is 13.2. The molecule has 0 unspecified atom stereocenters. The molecule has 2 N–H and O–H groups in total. The highest BCUT2D eigenvalue weighted by Crippen LogP contribution is 2.28. The van der Waals surface area contributed by atoms with Gasteiger partial charge in [-0.3, -0.25) is 4.79 Å². The zero-order valence-corrected chi connectivity index (χ0v) is 11.1. The normalized spacial score (nSPS) is 15.0. The van der Waals surface area contributed by atoms with E-state index >= 15 is 0 Å². The molecule has 0 aromatic heterocycles. The van der Waals surface area contributed by atoms with Crippen LogP contribution in [-0.4, -0.2) is 25.6 Å². The van der Waals surface area contributed by atoms with Gasteiger partial charge in [0.25, 0.3) is 0 Å². The first-order valence-corrected chi connectivity index (χ1v) is 6.49. The van der Waals surface area contributed by atoms with Crippen LogP contribution in [-0.2, 0) is 4.79 Å². The van der Waals surface area contributed by atoms with Crippen molar-refractivity contribution in [2.45, 2.75) is 13.3 Å². The summed E-state index contributed by atoms with van der Waals surface area (Å²) >= 11 is 5.93. The molecule has 0 aliphatic carbocycles. The molecule has 1 aliphatic heterocycles. The maximum absolute atomic E-state index is 11.8. The van der Waals surface area contributed by atoms with E-state index in [4.69, 9.17) is 16.3 Å². The first-order chi connectivity index (χ1) is 8.69. The van der Waals surface area contributed by atoms with Crippen LogP contribution in [0.4, 0.5) is 5.69 Å². The van der Waals surface area contributed by atoms with Crippen molar-refractivity contribution in [3.63, 3.8) is 0 Å². The number of halogens is 1. The standard InChI is InChI=1S/C13H17ClN2O2/c1-2-18-12-4-3-10(14)6-11(12)16-13(17)5-9-7-15-8-9/h3-4,6,9,15H,2,5,7-8H2,1H3,(H,16,17). The number of benzene rings is 1. The van der Waals surface area contributed by atoms with Crippen molar-refractivity contribution in [1.29, 1.82) is 0 Å². The third-order valence-electron chi connectivity index (χ3n) is 2.86. The third kappa shape index (κ3) is 3.37. The summed E-state index contributed by atoms with van der Waals surface area (Å²) in [6.07, 6.45) is 0.533. The lowest BCUT2D eigenvalue weighted by Crippen LogP contribution is -2.43. The second-order valence-electron chi connectivity index (χ2n) is 4.35. The fraction of sp³-hybridized carbons (Fsp3) is 0.462. The predicted octanol–water partition coefficient (Wildman–Crippen LogP) is 2.29. The molecule has 0 saturated carbocycles. The van der Waals surface area contributed by atoms with Crippen LogP contribution in [0.1, 0.15) is 13.3 Å². The molecular formula is C13H17ClN2O2. The Balaban J connectivity index is 2.01. The lowest BCUT2D eigenvalue weighted by atomic mass is 9.99. The molecule has 0 bridgehead atoms. The first-order valence-electron chi connectivity index (χ1n) is 6.12. The van der Waals surface area contributed by atoms with Crippen LogP contribution in [0.5, 0.6) is 5.75 Å². The summed E-state index contributed by atoms with van der Waals surface area (Å²) in [5.74, 6) is 1.10. The second kappa shape index (κ2) is 6.07. The number of hydrogen-bond acceptors (Lipinski definition) is 3. The Morgan fingerprint density at radius 3 is 2.94 bits per heavy atom. The average molecular weight is 269 g/mol. The van der Waals surface area contributed by atoms with Gasteiger partial charge in [-0.2, -0.15) is 0 Å². The zero-order chi connectivity index (χ0) is 13.0. The van der Waals surface area contributed by atoms with Crippen LogP contribution in [0.15, 0.2) is 18.2 Å². The van der Waals surface area contributed by atoms with E-state index in [1.165, 1.54) is 0 Å². The molecule has 1 amide bonds. The number of ether oxygens (including phenoxy) is 1. The number of nitrogens with one attached hydrogen (secondary N) is 2. The van der Waals surface area contributed by atoms with Crippen LogP contribution in [0.3, 0.4) is 0 Å². The van der Waals surface area contributed by atoms with Gasteiger partial charge < -0.3 is 15.4 Å². The molecule has 0 atom stereocenters. The Hall–Kier alpha value is -1.26. The summed E-state index contributed by atoms with van der Waals surface area (Å²) in [4.78, 5) is 11.8. The molecular weight excluding hydrogens is 252 g/mol. The highest BCUT2D eigenvalue weighted by molar-refractivity contribution is 6.31. The molecule has 18 heavy (non-hydrogen) atoms. The minimum absolute atomic E-state index is 0.00437. The molecule has 1 aromatic rings. The molecule has 1 saturated heterocycles. The summed E-state index contributed by atoms with van der Waals surface area (Å²) in [6, 6.07) is 5.23. The zero-order valence-electron chi connectivity index (χ0n) is 10.3. The number of hydrogen-bond donors (Lipinski definition) is 2. The molecule has 0 spiro atoms. The van der Waals surface area contributed by atoms with Crippen LogP contribution in [0.25, 0.3) is 0 Å². The average Bonchev–Trinajstić information content (AvgIpc) is 2.28. The molecule has 1 fully saturated rings. The summed E-state index contributed by atoms with van der Waals surface area (Å²) in [6.45, 7) is 4.29. The predicted molar refractivity (Wildman–Crippen MR) is 72.2 cm³/mol. The van der Waals surface area contributed by atoms with Crippen molar-refractivity contribution in [1.82, 2.24) is 5.32 Å². The highest BCUT2D eigenvalue weighted by Gasteiger charge is 2.20. The Morgan fingerprint density at radius 1 is 1.56 bits per heavy atom. The summed E-state index contributed by atoms with van der Waals surface area (Å²) in [5, 5.41) is 6.59. The molecule has 0 radical (unpaired) electrons. The number of carbonyl (C=O) groups excluding carboxylic acids is 1. The van der Waals surface area contributed by atoms with Crippen molar-refractivity contribution in [3.05, 3.63) is 23.2 Å². The van der Waals surface area contributed by atoms with Gasteiger partial charge in [0.1, 0.15) is 5.75 Å². The highest BCUT2D eigenvalue weighted by atomic mass is 35.5. The SMILES string of the molecule is CCOc1ccc(Cl)cc1NC(=O)CC1CNC1. The lowest BCUT2D eigenvalue weighted by molar-refractivity contribution is -0.117. The van der Waals surface area contributed by atoms with Gasteiger partial charge >= 0.3 is 0 Å². The van der Waals surface area contributed by atoms with Gasteiger partial charge in [0.2, 0.25) is 5.91 Å². The molecule has 1 aromatic carbocycles. The van der Waals surface area contributed by atoms with E-state index < -0.39 is 0 Å². The van der Waals surface area contributed by atoms with E-state index in [0.717, 1.165) is 13.1 Å². The molecule has 4 nitrogen and oxygen atoms in total. The quantitative estimate of drug-likeness (QED) is 0.861. The molecule has 1 aliphatic rings. The third-order valence-corrected chi connectivity index (χ3v) is 3.09. The van der Waals surface area contributed by atoms with Crippen molar-refractivity contribution < 1.29 is 9.53 Å². The van der Waals surface area contributed by atoms with E-state index in [0.29, 0.717) is 35.4 Å². The Kier molecular flexibility index (Phi) is 4.44. The van der Waals surface area contributed by atoms with Crippen molar-refractivity contribution >= 4 is 23.2 Å². The van der Waals surface area contributed by atoms with Crippen molar-refractivity contribution in [2.75, 3.05) is 25.0 Å². The van der Waals surface area contributed by atoms with Gasteiger partial charge in [-0.15, -0.1) is 0 Å². The monoisotopic (exact) mass is 268 g/mol. The summed E-state index contributed by atoms with van der Waals surface area (Å²) in [7, 11) is 0. The van der Waals surface area contributed by atoms with Gasteiger partial charge in [0.15, 0.2) is 0 Å². The molecule has 98 valence electrons. The summed E-state index contributed by atoms with van der Waals surface area (Å²) < 4.78 is 5.45. The van der Waals surface area contributed by atoms with Crippen LogP contribution < -0.4 is 15.4 Å². The topological polar surface area (TPSA) is 50.4 Å². The number of carbonyl (C=O) groups is 1. The fourth-order valence-corrected chi connectivity index (χ4v) is 2.01. The Bertz CT molecular complexity index is 433. The Labute approximate surface area is 112 Å². The maximum atomic E-state index is 11.8. The smallest absolute Gasteiger partial charge is 0.224 e. The minimum atomic E-state index is 0.00437. The number of rotatable bonds is 5. The van der Waals surface area contributed by atoms with E-state index in [-0.39, 0.29) is 5.91 Å². The molecule has 1 heterocycles. The van der Waals surface area contributed by atoms with Gasteiger partial charge in [0, 0.05) is 11.4 Å².